The fourth-order valence-electron chi connectivity index (χ4n) is 2.58. The van der Waals surface area contributed by atoms with Crippen LogP contribution < -0.4 is 0 Å². The second kappa shape index (κ2) is 6.53. The number of rotatable bonds is 3. The number of piperidine rings is 1. The summed E-state index contributed by atoms with van der Waals surface area (Å²) in [5, 5.41) is 9.23. The molecule has 1 fully saturated rings. The van der Waals surface area contributed by atoms with E-state index in [0.717, 1.165) is 29.4 Å². The molecule has 104 valence electrons. The number of aliphatic hydroxyl groups is 1. The van der Waals surface area contributed by atoms with Gasteiger partial charge in [-0.2, -0.15) is 0 Å². The smallest absolute Gasteiger partial charge is 0.229 e. The molecule has 0 bridgehead atoms. The van der Waals surface area contributed by atoms with Crippen LogP contribution in [0.4, 0.5) is 0 Å². The maximum absolute atomic E-state index is 12.5. The monoisotopic (exact) mass is 325 g/mol. The number of likely N-dealkylation sites (tertiary alicyclic amines) is 1. The highest BCUT2D eigenvalue weighted by Crippen LogP contribution is 2.24. The van der Waals surface area contributed by atoms with Gasteiger partial charge < -0.3 is 10.0 Å². The minimum Gasteiger partial charge on any atom is -0.396 e. The molecule has 1 aromatic carbocycles. The Hall–Kier alpha value is -0.870. The minimum atomic E-state index is -0.120. The number of halogens is 1. The third-order valence-electron chi connectivity index (χ3n) is 3.83. The van der Waals surface area contributed by atoms with E-state index in [1.807, 2.05) is 36.1 Å². The van der Waals surface area contributed by atoms with Gasteiger partial charge >= 0.3 is 0 Å². The van der Waals surface area contributed by atoms with Crippen molar-refractivity contribution in [3.8, 4) is 0 Å². The van der Waals surface area contributed by atoms with Crippen molar-refractivity contribution in [3.05, 3.63) is 34.3 Å². The predicted octanol–water partition coefficient (Wildman–Crippen LogP) is 2.78. The van der Waals surface area contributed by atoms with Crippen LogP contribution in [0.1, 0.15) is 31.2 Å². The Balaban J connectivity index is 2.04. The van der Waals surface area contributed by atoms with Gasteiger partial charge in [0.1, 0.15) is 0 Å². The molecular formula is C15H20BrNO2. The molecular weight excluding hydrogens is 306 g/mol. The molecule has 2 atom stereocenters. The zero-order valence-corrected chi connectivity index (χ0v) is 12.8. The van der Waals surface area contributed by atoms with Gasteiger partial charge in [0.05, 0.1) is 5.92 Å². The molecule has 1 aliphatic heterocycles. The van der Waals surface area contributed by atoms with Gasteiger partial charge in [-0.05, 0) is 43.4 Å². The van der Waals surface area contributed by atoms with Crippen molar-refractivity contribution in [2.75, 3.05) is 19.7 Å². The highest BCUT2D eigenvalue weighted by molar-refractivity contribution is 9.10. The minimum absolute atomic E-state index is 0.120. The fourth-order valence-corrected chi connectivity index (χ4v) is 2.85. The average molecular weight is 326 g/mol. The van der Waals surface area contributed by atoms with E-state index in [4.69, 9.17) is 0 Å². The first-order valence-electron chi connectivity index (χ1n) is 6.77. The topological polar surface area (TPSA) is 40.5 Å². The Morgan fingerprint density at radius 3 is 2.79 bits per heavy atom. The Morgan fingerprint density at radius 2 is 2.16 bits per heavy atom. The average Bonchev–Trinajstić information content (AvgIpc) is 2.46. The summed E-state index contributed by atoms with van der Waals surface area (Å²) >= 11 is 3.40. The molecule has 19 heavy (non-hydrogen) atoms. The molecule has 1 aliphatic rings. The Bertz CT molecular complexity index is 432. The molecule has 0 aliphatic carbocycles. The third kappa shape index (κ3) is 3.57. The lowest BCUT2D eigenvalue weighted by Crippen LogP contribution is -2.42. The molecule has 4 heteroatoms. The van der Waals surface area contributed by atoms with Crippen LogP contribution in [-0.2, 0) is 4.79 Å². The fraction of sp³-hybridized carbons (Fsp3) is 0.533. The summed E-state index contributed by atoms with van der Waals surface area (Å²) in [4.78, 5) is 14.4. The molecule has 1 N–H and O–H groups in total. The first kappa shape index (κ1) is 14.5. The lowest BCUT2D eigenvalue weighted by atomic mass is 9.95. The molecule has 1 aromatic rings. The van der Waals surface area contributed by atoms with Crippen LogP contribution in [0.2, 0.25) is 0 Å². The zero-order chi connectivity index (χ0) is 13.8. The van der Waals surface area contributed by atoms with Crippen molar-refractivity contribution in [1.29, 1.82) is 0 Å². The number of nitrogens with zero attached hydrogens (tertiary/aromatic N) is 1. The van der Waals surface area contributed by atoms with Crippen molar-refractivity contribution in [2.45, 2.75) is 25.7 Å². The molecule has 1 amide bonds. The van der Waals surface area contributed by atoms with Crippen LogP contribution in [0.5, 0.6) is 0 Å². The molecule has 2 unspecified atom stereocenters. The van der Waals surface area contributed by atoms with E-state index in [9.17, 15) is 9.90 Å². The van der Waals surface area contributed by atoms with Gasteiger partial charge in [0.2, 0.25) is 5.91 Å². The number of hydrogen-bond donors (Lipinski definition) is 1. The highest BCUT2D eigenvalue weighted by Gasteiger charge is 2.27. The van der Waals surface area contributed by atoms with Gasteiger partial charge in [-0.1, -0.05) is 28.1 Å². The molecule has 0 radical (unpaired) electrons. The predicted molar refractivity (Wildman–Crippen MR) is 78.9 cm³/mol. The summed E-state index contributed by atoms with van der Waals surface area (Å²) in [5.74, 6) is 0.292. The van der Waals surface area contributed by atoms with E-state index in [1.165, 1.54) is 0 Å². The Morgan fingerprint density at radius 1 is 1.47 bits per heavy atom. The van der Waals surface area contributed by atoms with E-state index in [0.29, 0.717) is 6.54 Å². The van der Waals surface area contributed by atoms with Crippen molar-refractivity contribution in [2.24, 2.45) is 5.92 Å². The van der Waals surface area contributed by atoms with Crippen LogP contribution in [0.25, 0.3) is 0 Å². The molecule has 3 nitrogen and oxygen atoms in total. The van der Waals surface area contributed by atoms with Gasteiger partial charge in [0.25, 0.3) is 0 Å². The van der Waals surface area contributed by atoms with Crippen molar-refractivity contribution in [3.63, 3.8) is 0 Å². The maximum atomic E-state index is 12.5. The molecule has 0 spiro atoms. The number of amides is 1. The van der Waals surface area contributed by atoms with Crippen molar-refractivity contribution >= 4 is 21.8 Å². The molecule has 1 saturated heterocycles. The summed E-state index contributed by atoms with van der Waals surface area (Å²) < 4.78 is 1.02. The standard InChI is InChI=1S/C15H20BrNO2/c1-11(13-4-6-14(16)7-5-13)15(19)17-8-2-3-12(9-17)10-18/h4-7,11-12,18H,2-3,8-10H2,1H3. The van der Waals surface area contributed by atoms with Crippen LogP contribution >= 0.6 is 15.9 Å². The first-order valence-corrected chi connectivity index (χ1v) is 7.56. The van der Waals surface area contributed by atoms with Crippen molar-refractivity contribution < 1.29 is 9.90 Å². The van der Waals surface area contributed by atoms with Gasteiger partial charge in [-0.25, -0.2) is 0 Å². The van der Waals surface area contributed by atoms with Gasteiger partial charge in [0, 0.05) is 24.2 Å². The summed E-state index contributed by atoms with van der Waals surface area (Å²) in [5.41, 5.74) is 1.04. The number of benzene rings is 1. The summed E-state index contributed by atoms with van der Waals surface area (Å²) in [6, 6.07) is 7.90. The summed E-state index contributed by atoms with van der Waals surface area (Å²) in [7, 11) is 0. The normalized spacial score (nSPS) is 21.2. The van der Waals surface area contributed by atoms with Crippen LogP contribution in [-0.4, -0.2) is 35.6 Å². The largest absolute Gasteiger partial charge is 0.396 e. The number of aliphatic hydroxyl groups excluding tert-OH is 1. The molecule has 1 heterocycles. The zero-order valence-electron chi connectivity index (χ0n) is 11.2. The van der Waals surface area contributed by atoms with E-state index >= 15 is 0 Å². The van der Waals surface area contributed by atoms with E-state index in [2.05, 4.69) is 15.9 Å². The van der Waals surface area contributed by atoms with Crippen LogP contribution in [0.3, 0.4) is 0 Å². The second-order valence-electron chi connectivity index (χ2n) is 5.25. The number of hydrogen-bond acceptors (Lipinski definition) is 2. The summed E-state index contributed by atoms with van der Waals surface area (Å²) in [6.07, 6.45) is 2.01. The number of carbonyl (C=O) groups excluding carboxylic acids is 1. The lowest BCUT2D eigenvalue weighted by molar-refractivity contribution is -0.134. The first-order chi connectivity index (χ1) is 9.11. The summed E-state index contributed by atoms with van der Waals surface area (Å²) in [6.45, 7) is 3.64. The molecule has 0 aromatic heterocycles. The second-order valence-corrected chi connectivity index (χ2v) is 6.16. The number of carbonyl (C=O) groups is 1. The third-order valence-corrected chi connectivity index (χ3v) is 4.36. The van der Waals surface area contributed by atoms with Crippen LogP contribution in [0, 0.1) is 5.92 Å². The molecule has 2 rings (SSSR count). The van der Waals surface area contributed by atoms with Gasteiger partial charge in [-0.15, -0.1) is 0 Å². The van der Waals surface area contributed by atoms with Crippen molar-refractivity contribution in [1.82, 2.24) is 4.90 Å². The lowest BCUT2D eigenvalue weighted by Gasteiger charge is -2.33. The maximum Gasteiger partial charge on any atom is 0.229 e. The Labute approximate surface area is 122 Å². The highest BCUT2D eigenvalue weighted by atomic mass is 79.9. The van der Waals surface area contributed by atoms with Gasteiger partial charge in [0.15, 0.2) is 0 Å². The molecule has 0 saturated carbocycles. The van der Waals surface area contributed by atoms with E-state index in [1.54, 1.807) is 0 Å². The van der Waals surface area contributed by atoms with E-state index < -0.39 is 0 Å². The van der Waals surface area contributed by atoms with Crippen LogP contribution in [0.15, 0.2) is 28.7 Å². The Kier molecular flexibility index (Phi) is 4.99. The van der Waals surface area contributed by atoms with E-state index in [-0.39, 0.29) is 24.3 Å². The quantitative estimate of drug-likeness (QED) is 0.928. The van der Waals surface area contributed by atoms with Gasteiger partial charge in [-0.3, -0.25) is 4.79 Å². The SMILES string of the molecule is CC(C(=O)N1CCCC(CO)C1)c1ccc(Br)cc1.